The first kappa shape index (κ1) is 19.4. The molecule has 0 bridgehead atoms. The maximum atomic E-state index is 12.1. The highest BCUT2D eigenvalue weighted by Gasteiger charge is 2.08. The van der Waals surface area contributed by atoms with Crippen LogP contribution < -0.4 is 5.32 Å². The number of benzene rings is 2. The summed E-state index contributed by atoms with van der Waals surface area (Å²) in [6.45, 7) is 0. The molecule has 1 aromatic heterocycles. The first-order chi connectivity index (χ1) is 12.6. The van der Waals surface area contributed by atoms with E-state index in [1.165, 1.54) is 11.3 Å². The molecule has 7 heteroatoms. The average Bonchev–Trinajstić information content (AvgIpc) is 3.09. The fourth-order valence-corrected chi connectivity index (χ4v) is 4.20. The third kappa shape index (κ3) is 5.84. The van der Waals surface area contributed by atoms with Crippen LogP contribution in [0, 0.1) is 0 Å². The molecule has 3 aromatic rings. The fourth-order valence-electron chi connectivity index (χ4n) is 2.22. The number of aromatic nitrogens is 1. The fraction of sp³-hybridized carbons (Fsp3) is 0.158. The lowest BCUT2D eigenvalue weighted by atomic mass is 10.2. The van der Waals surface area contributed by atoms with Crippen LogP contribution in [0.5, 0.6) is 0 Å². The summed E-state index contributed by atoms with van der Waals surface area (Å²) in [6, 6.07) is 15.7. The van der Waals surface area contributed by atoms with Crippen molar-refractivity contribution in [1.82, 2.24) is 4.98 Å². The van der Waals surface area contributed by atoms with E-state index >= 15 is 0 Å². The third-order valence-corrected chi connectivity index (χ3v) is 6.16. The van der Waals surface area contributed by atoms with Crippen molar-refractivity contribution in [2.75, 3.05) is 11.1 Å². The number of thioether (sulfide) groups is 1. The SMILES string of the molecule is O=C(CCCSc1ccc(Cl)cc1)Nc1nc(-c2ccc(Br)cc2)cs1. The van der Waals surface area contributed by atoms with E-state index in [1.807, 2.05) is 53.9 Å². The van der Waals surface area contributed by atoms with E-state index < -0.39 is 0 Å². The highest BCUT2D eigenvalue weighted by atomic mass is 79.9. The van der Waals surface area contributed by atoms with Crippen molar-refractivity contribution in [2.45, 2.75) is 17.7 Å². The van der Waals surface area contributed by atoms with Gasteiger partial charge >= 0.3 is 0 Å². The lowest BCUT2D eigenvalue weighted by Gasteiger charge is -2.03. The lowest BCUT2D eigenvalue weighted by Crippen LogP contribution is -2.11. The van der Waals surface area contributed by atoms with Crippen LogP contribution in [0.15, 0.2) is 63.3 Å². The van der Waals surface area contributed by atoms with E-state index in [0.717, 1.165) is 37.8 Å². The molecule has 0 atom stereocenters. The Morgan fingerprint density at radius 3 is 2.62 bits per heavy atom. The summed E-state index contributed by atoms with van der Waals surface area (Å²) in [7, 11) is 0. The predicted molar refractivity (Wildman–Crippen MR) is 115 cm³/mol. The molecule has 0 aliphatic carbocycles. The van der Waals surface area contributed by atoms with Crippen LogP contribution >= 0.6 is 50.6 Å². The minimum Gasteiger partial charge on any atom is -0.302 e. The number of halogens is 2. The molecule has 134 valence electrons. The van der Waals surface area contributed by atoms with Gasteiger partial charge in [0.05, 0.1) is 5.69 Å². The summed E-state index contributed by atoms with van der Waals surface area (Å²) in [5, 5.41) is 6.21. The summed E-state index contributed by atoms with van der Waals surface area (Å²) in [4.78, 5) is 17.7. The number of hydrogen-bond acceptors (Lipinski definition) is 4. The van der Waals surface area contributed by atoms with E-state index in [0.29, 0.717) is 11.6 Å². The normalized spacial score (nSPS) is 10.7. The van der Waals surface area contributed by atoms with Crippen LogP contribution in [0.25, 0.3) is 11.3 Å². The molecule has 1 N–H and O–H groups in total. The zero-order valence-corrected chi connectivity index (χ0v) is 17.7. The maximum absolute atomic E-state index is 12.1. The van der Waals surface area contributed by atoms with Gasteiger partial charge in [0, 0.05) is 31.8 Å². The highest BCUT2D eigenvalue weighted by molar-refractivity contribution is 9.10. The number of thiazole rings is 1. The second-order valence-electron chi connectivity index (χ2n) is 5.50. The van der Waals surface area contributed by atoms with Gasteiger partial charge in [0.25, 0.3) is 0 Å². The average molecular weight is 468 g/mol. The Labute approximate surface area is 174 Å². The van der Waals surface area contributed by atoms with Gasteiger partial charge in [-0.05, 0) is 48.6 Å². The van der Waals surface area contributed by atoms with Crippen molar-refractivity contribution in [3.63, 3.8) is 0 Å². The Bertz CT molecular complexity index is 866. The number of amides is 1. The molecule has 3 rings (SSSR count). The summed E-state index contributed by atoms with van der Waals surface area (Å²) < 4.78 is 1.03. The van der Waals surface area contributed by atoms with Crippen molar-refractivity contribution in [3.8, 4) is 11.3 Å². The Morgan fingerprint density at radius 1 is 1.15 bits per heavy atom. The van der Waals surface area contributed by atoms with Gasteiger partial charge < -0.3 is 5.32 Å². The Balaban J connectivity index is 1.43. The van der Waals surface area contributed by atoms with Crippen molar-refractivity contribution in [2.24, 2.45) is 0 Å². The topological polar surface area (TPSA) is 42.0 Å². The number of rotatable bonds is 7. The Morgan fingerprint density at radius 2 is 1.88 bits per heavy atom. The molecule has 1 heterocycles. The van der Waals surface area contributed by atoms with Crippen molar-refractivity contribution >= 4 is 61.7 Å². The molecule has 0 spiro atoms. The van der Waals surface area contributed by atoms with Crippen LogP contribution in [0.1, 0.15) is 12.8 Å². The number of carbonyl (C=O) groups is 1. The van der Waals surface area contributed by atoms with Gasteiger partial charge in [0.1, 0.15) is 0 Å². The van der Waals surface area contributed by atoms with E-state index in [-0.39, 0.29) is 5.91 Å². The molecule has 0 saturated carbocycles. The molecule has 0 unspecified atom stereocenters. The lowest BCUT2D eigenvalue weighted by molar-refractivity contribution is -0.116. The molecule has 0 fully saturated rings. The summed E-state index contributed by atoms with van der Waals surface area (Å²) >= 11 is 12.5. The number of nitrogens with one attached hydrogen (secondary N) is 1. The second-order valence-corrected chi connectivity index (χ2v) is 8.88. The Hall–Kier alpha value is -1.34. The molecule has 2 aromatic carbocycles. The molecule has 1 amide bonds. The quantitative estimate of drug-likeness (QED) is 0.309. The minimum absolute atomic E-state index is 0.00147. The van der Waals surface area contributed by atoms with Gasteiger partial charge in [-0.1, -0.05) is 39.7 Å². The molecule has 0 radical (unpaired) electrons. The number of hydrogen-bond donors (Lipinski definition) is 1. The van der Waals surface area contributed by atoms with Gasteiger partial charge in [-0.2, -0.15) is 0 Å². The van der Waals surface area contributed by atoms with Crippen molar-refractivity contribution in [1.29, 1.82) is 0 Å². The van der Waals surface area contributed by atoms with Crippen LogP contribution in [0.2, 0.25) is 5.02 Å². The summed E-state index contributed by atoms with van der Waals surface area (Å²) in [5.74, 6) is 0.885. The molecule has 3 nitrogen and oxygen atoms in total. The van der Waals surface area contributed by atoms with Gasteiger partial charge in [-0.15, -0.1) is 23.1 Å². The van der Waals surface area contributed by atoms with E-state index in [1.54, 1.807) is 11.8 Å². The first-order valence-electron chi connectivity index (χ1n) is 8.00. The van der Waals surface area contributed by atoms with Crippen LogP contribution in [-0.4, -0.2) is 16.6 Å². The number of anilines is 1. The zero-order valence-electron chi connectivity index (χ0n) is 13.7. The zero-order chi connectivity index (χ0) is 18.4. The Kier molecular flexibility index (Phi) is 7.14. The van der Waals surface area contributed by atoms with E-state index in [9.17, 15) is 4.79 Å². The largest absolute Gasteiger partial charge is 0.302 e. The summed E-state index contributed by atoms with van der Waals surface area (Å²) in [6.07, 6.45) is 1.29. The van der Waals surface area contributed by atoms with Gasteiger partial charge in [0.2, 0.25) is 5.91 Å². The summed E-state index contributed by atoms with van der Waals surface area (Å²) in [5.41, 5.74) is 1.90. The molecule has 26 heavy (non-hydrogen) atoms. The van der Waals surface area contributed by atoms with Gasteiger partial charge in [-0.25, -0.2) is 4.98 Å². The maximum Gasteiger partial charge on any atom is 0.226 e. The first-order valence-corrected chi connectivity index (χ1v) is 11.0. The second kappa shape index (κ2) is 9.55. The highest BCUT2D eigenvalue weighted by Crippen LogP contribution is 2.26. The molecular weight excluding hydrogens is 452 g/mol. The van der Waals surface area contributed by atoms with Gasteiger partial charge in [0.15, 0.2) is 5.13 Å². The van der Waals surface area contributed by atoms with E-state index in [4.69, 9.17) is 11.6 Å². The molecule has 0 saturated heterocycles. The van der Waals surface area contributed by atoms with E-state index in [2.05, 4.69) is 26.2 Å². The van der Waals surface area contributed by atoms with Crippen LogP contribution in [-0.2, 0) is 4.79 Å². The molecule has 0 aliphatic heterocycles. The van der Waals surface area contributed by atoms with Crippen LogP contribution in [0.3, 0.4) is 0 Å². The monoisotopic (exact) mass is 466 g/mol. The van der Waals surface area contributed by atoms with Crippen molar-refractivity contribution in [3.05, 3.63) is 63.4 Å². The smallest absolute Gasteiger partial charge is 0.226 e. The molecule has 0 aliphatic rings. The number of carbonyl (C=O) groups excluding carboxylic acids is 1. The third-order valence-electron chi connectivity index (χ3n) is 3.52. The number of nitrogens with zero attached hydrogens (tertiary/aromatic N) is 1. The minimum atomic E-state index is -0.00147. The van der Waals surface area contributed by atoms with Crippen LogP contribution in [0.4, 0.5) is 5.13 Å². The standard InChI is InChI=1S/C19H16BrClN2OS2/c20-14-5-3-13(4-6-14)17-12-26-19(22-17)23-18(24)2-1-11-25-16-9-7-15(21)8-10-16/h3-10,12H,1-2,11H2,(H,22,23,24). The van der Waals surface area contributed by atoms with Gasteiger partial charge in [-0.3, -0.25) is 4.79 Å². The molecular formula is C19H16BrClN2OS2. The predicted octanol–water partition coefficient (Wildman–Crippen LogP) is 6.74. The van der Waals surface area contributed by atoms with Crippen molar-refractivity contribution < 1.29 is 4.79 Å².